The fraction of sp³-hybridized carbons (Fsp3) is 0.440. The van der Waals surface area contributed by atoms with Gasteiger partial charge in [-0.3, -0.25) is 9.69 Å². The van der Waals surface area contributed by atoms with Crippen LogP contribution in [-0.2, 0) is 6.54 Å². The van der Waals surface area contributed by atoms with Crippen molar-refractivity contribution >= 4 is 16.9 Å². The average molecular weight is 454 g/mol. The number of nitrogens with one attached hydrogen (secondary N) is 2. The molecule has 0 bridgehead atoms. The smallest absolute Gasteiger partial charge is 0.289 e. The Bertz CT molecular complexity index is 1100. The lowest BCUT2D eigenvalue weighted by atomic mass is 9.90. The van der Waals surface area contributed by atoms with Gasteiger partial charge in [-0.15, -0.1) is 0 Å². The van der Waals surface area contributed by atoms with Crippen molar-refractivity contribution in [3.8, 4) is 0 Å². The minimum absolute atomic E-state index is 0.0443. The predicted octanol–water partition coefficient (Wildman–Crippen LogP) is 3.93. The molecule has 6 nitrogen and oxygen atoms in total. The Balaban J connectivity index is 1.19. The summed E-state index contributed by atoms with van der Waals surface area (Å²) in [5, 5.41) is 3.40. The first-order valence-corrected chi connectivity index (χ1v) is 11.7. The molecule has 0 unspecified atom stereocenters. The lowest BCUT2D eigenvalue weighted by molar-refractivity contribution is 0.0618. The number of nitrogens with zero attached hydrogens (tertiary/aromatic N) is 3. The van der Waals surface area contributed by atoms with Gasteiger partial charge < -0.3 is 15.2 Å². The van der Waals surface area contributed by atoms with E-state index in [1.165, 1.54) is 17.7 Å². The van der Waals surface area contributed by atoms with E-state index in [-0.39, 0.29) is 11.5 Å². The standard InChI is InChI=1S/C25H29F2N5O/c26-23(27)19-3-1-17(2-4-19)16-31-11-13-32(14-12-31)25(33)24-29-21-6-5-20(15-22(21)30-24)18-7-9-28-10-8-18/h1-6,15,18,23,28H,7-14,16H2,(H,29,30). The molecule has 0 saturated carbocycles. The summed E-state index contributed by atoms with van der Waals surface area (Å²) in [4.78, 5) is 24.9. The molecular formula is C25H29F2N5O. The number of alkyl halides is 2. The van der Waals surface area contributed by atoms with E-state index >= 15 is 0 Å². The first kappa shape index (κ1) is 22.0. The summed E-state index contributed by atoms with van der Waals surface area (Å²) in [5.41, 5.74) is 4.09. The van der Waals surface area contributed by atoms with Crippen LogP contribution in [0, 0.1) is 0 Å². The quantitative estimate of drug-likeness (QED) is 0.615. The van der Waals surface area contributed by atoms with Crippen LogP contribution in [0.15, 0.2) is 42.5 Å². The fourth-order valence-electron chi connectivity index (χ4n) is 4.82. The van der Waals surface area contributed by atoms with Gasteiger partial charge in [0.15, 0.2) is 5.82 Å². The number of carbonyl (C=O) groups is 1. The molecule has 0 aliphatic carbocycles. The zero-order valence-electron chi connectivity index (χ0n) is 18.6. The summed E-state index contributed by atoms with van der Waals surface area (Å²) in [7, 11) is 0. The molecule has 2 saturated heterocycles. The third kappa shape index (κ3) is 4.91. The number of imidazole rings is 1. The van der Waals surface area contributed by atoms with Gasteiger partial charge in [-0.05, 0) is 55.1 Å². The van der Waals surface area contributed by atoms with Crippen LogP contribution >= 0.6 is 0 Å². The van der Waals surface area contributed by atoms with Crippen molar-refractivity contribution < 1.29 is 13.6 Å². The molecule has 0 atom stereocenters. The number of aromatic nitrogens is 2. The largest absolute Gasteiger partial charge is 0.334 e. The Kier molecular flexibility index (Phi) is 6.37. The Morgan fingerprint density at radius 2 is 1.76 bits per heavy atom. The van der Waals surface area contributed by atoms with E-state index < -0.39 is 6.43 Å². The number of carbonyl (C=O) groups excluding carboxylic acids is 1. The SMILES string of the molecule is O=C(c1nc2ccc(C3CCNCC3)cc2[nH]1)N1CCN(Cc2ccc(C(F)F)cc2)CC1. The number of aromatic amines is 1. The molecule has 2 N–H and O–H groups in total. The highest BCUT2D eigenvalue weighted by molar-refractivity contribution is 5.94. The van der Waals surface area contributed by atoms with Crippen LogP contribution < -0.4 is 5.32 Å². The van der Waals surface area contributed by atoms with Crippen LogP contribution in [0.2, 0.25) is 0 Å². The molecule has 8 heteroatoms. The van der Waals surface area contributed by atoms with E-state index in [2.05, 4.69) is 32.3 Å². The van der Waals surface area contributed by atoms with Crippen molar-refractivity contribution in [1.82, 2.24) is 25.1 Å². The molecule has 0 spiro atoms. The number of fused-ring (bicyclic) bond motifs is 1. The highest BCUT2D eigenvalue weighted by Crippen LogP contribution is 2.27. The van der Waals surface area contributed by atoms with Crippen LogP contribution in [0.4, 0.5) is 8.78 Å². The van der Waals surface area contributed by atoms with Crippen molar-refractivity contribution in [3.05, 3.63) is 65.0 Å². The lowest BCUT2D eigenvalue weighted by Crippen LogP contribution is -2.48. The number of hydrogen-bond acceptors (Lipinski definition) is 4. The predicted molar refractivity (Wildman–Crippen MR) is 124 cm³/mol. The Labute approximate surface area is 192 Å². The maximum Gasteiger partial charge on any atom is 0.289 e. The van der Waals surface area contributed by atoms with Crippen LogP contribution in [-0.4, -0.2) is 64.9 Å². The summed E-state index contributed by atoms with van der Waals surface area (Å²) in [5.74, 6) is 0.872. The topological polar surface area (TPSA) is 64.3 Å². The Morgan fingerprint density at radius 3 is 2.45 bits per heavy atom. The van der Waals surface area contributed by atoms with Crippen molar-refractivity contribution in [2.24, 2.45) is 0 Å². The van der Waals surface area contributed by atoms with E-state index in [1.807, 2.05) is 11.0 Å². The molecule has 174 valence electrons. The van der Waals surface area contributed by atoms with Crippen LogP contribution in [0.3, 0.4) is 0 Å². The molecular weight excluding hydrogens is 424 g/mol. The highest BCUT2D eigenvalue weighted by Gasteiger charge is 2.25. The third-order valence-corrected chi connectivity index (χ3v) is 6.82. The summed E-state index contributed by atoms with van der Waals surface area (Å²) in [6, 6.07) is 12.8. The number of hydrogen-bond donors (Lipinski definition) is 2. The number of benzene rings is 2. The third-order valence-electron chi connectivity index (χ3n) is 6.82. The number of piperidine rings is 1. The molecule has 5 rings (SSSR count). The van der Waals surface area contributed by atoms with E-state index in [0.29, 0.717) is 31.4 Å². The lowest BCUT2D eigenvalue weighted by Gasteiger charge is -2.34. The van der Waals surface area contributed by atoms with Crippen LogP contribution in [0.5, 0.6) is 0 Å². The zero-order valence-corrected chi connectivity index (χ0v) is 18.6. The van der Waals surface area contributed by atoms with Gasteiger partial charge in [0.2, 0.25) is 0 Å². The maximum absolute atomic E-state index is 13.1. The molecule has 2 aliphatic rings. The van der Waals surface area contributed by atoms with Gasteiger partial charge in [-0.25, -0.2) is 13.8 Å². The second-order valence-electron chi connectivity index (χ2n) is 9.00. The van der Waals surface area contributed by atoms with E-state index in [1.54, 1.807) is 12.1 Å². The van der Waals surface area contributed by atoms with Crippen molar-refractivity contribution in [2.75, 3.05) is 39.3 Å². The zero-order chi connectivity index (χ0) is 22.8. The van der Waals surface area contributed by atoms with Gasteiger partial charge in [0.1, 0.15) is 0 Å². The summed E-state index contributed by atoms with van der Waals surface area (Å²) < 4.78 is 25.5. The molecule has 2 aromatic carbocycles. The first-order chi connectivity index (χ1) is 16.1. The van der Waals surface area contributed by atoms with Gasteiger partial charge in [0, 0.05) is 38.3 Å². The van der Waals surface area contributed by atoms with E-state index in [4.69, 9.17) is 0 Å². The molecule has 2 fully saturated rings. The van der Waals surface area contributed by atoms with Gasteiger partial charge >= 0.3 is 0 Å². The van der Waals surface area contributed by atoms with Crippen molar-refractivity contribution in [1.29, 1.82) is 0 Å². The monoisotopic (exact) mass is 453 g/mol. The molecule has 3 aromatic rings. The van der Waals surface area contributed by atoms with Gasteiger partial charge in [-0.2, -0.15) is 0 Å². The summed E-state index contributed by atoms with van der Waals surface area (Å²) in [6.07, 6.45) is -0.180. The number of piperazine rings is 1. The second kappa shape index (κ2) is 9.57. The Morgan fingerprint density at radius 1 is 1.03 bits per heavy atom. The highest BCUT2D eigenvalue weighted by atomic mass is 19.3. The van der Waals surface area contributed by atoms with Gasteiger partial charge in [-0.1, -0.05) is 30.3 Å². The molecule has 33 heavy (non-hydrogen) atoms. The number of halogens is 2. The van der Waals surface area contributed by atoms with Gasteiger partial charge in [0.25, 0.3) is 12.3 Å². The normalized spacial score (nSPS) is 18.3. The van der Waals surface area contributed by atoms with Crippen molar-refractivity contribution in [3.63, 3.8) is 0 Å². The number of amides is 1. The van der Waals surface area contributed by atoms with Crippen LogP contribution in [0.25, 0.3) is 11.0 Å². The number of H-pyrrole nitrogens is 1. The van der Waals surface area contributed by atoms with Crippen molar-refractivity contribution in [2.45, 2.75) is 31.7 Å². The first-order valence-electron chi connectivity index (χ1n) is 11.7. The summed E-state index contributed by atoms with van der Waals surface area (Å²) in [6.45, 7) is 5.49. The van der Waals surface area contributed by atoms with E-state index in [9.17, 15) is 13.6 Å². The minimum Gasteiger partial charge on any atom is -0.334 e. The summed E-state index contributed by atoms with van der Waals surface area (Å²) >= 11 is 0. The minimum atomic E-state index is -2.44. The maximum atomic E-state index is 13.1. The van der Waals surface area contributed by atoms with E-state index in [0.717, 1.165) is 55.6 Å². The molecule has 2 aliphatic heterocycles. The number of rotatable bonds is 5. The van der Waals surface area contributed by atoms with Gasteiger partial charge in [0.05, 0.1) is 11.0 Å². The fourth-order valence-corrected chi connectivity index (χ4v) is 4.82. The molecule has 1 amide bonds. The Hall–Kier alpha value is -2.84. The second-order valence-corrected chi connectivity index (χ2v) is 9.00. The molecule has 0 radical (unpaired) electrons. The molecule has 1 aromatic heterocycles. The molecule has 3 heterocycles. The van der Waals surface area contributed by atoms with Crippen LogP contribution in [0.1, 0.15) is 52.5 Å². The average Bonchev–Trinajstić information content (AvgIpc) is 3.28.